The zero-order chi connectivity index (χ0) is 10.4. The number of anilines is 2. The largest absolute Gasteiger partial charge is 0.383 e. The Hall–Kier alpha value is -1.36. The predicted octanol–water partition coefficient (Wildman–Crippen LogP) is 0.965. The highest BCUT2D eigenvalue weighted by Gasteiger charge is 2.02. The van der Waals surface area contributed by atoms with Gasteiger partial charge >= 0.3 is 0 Å². The Kier molecular flexibility index (Phi) is 4.12. The molecule has 0 saturated carbocycles. The van der Waals surface area contributed by atoms with Crippen LogP contribution in [0.15, 0.2) is 12.3 Å². The van der Waals surface area contributed by atoms with Gasteiger partial charge < -0.3 is 15.4 Å². The van der Waals surface area contributed by atoms with Crippen molar-refractivity contribution in [1.82, 2.24) is 9.97 Å². The molecule has 1 heterocycles. The van der Waals surface area contributed by atoms with Crippen molar-refractivity contribution in [1.29, 1.82) is 0 Å². The number of rotatable bonds is 5. The lowest BCUT2D eigenvalue weighted by Gasteiger charge is -2.13. The maximum Gasteiger partial charge on any atom is 0.224 e. The second kappa shape index (κ2) is 5.39. The third-order valence-electron chi connectivity index (χ3n) is 1.69. The summed E-state index contributed by atoms with van der Waals surface area (Å²) >= 11 is 0. The first-order valence-electron chi connectivity index (χ1n) is 4.52. The van der Waals surface area contributed by atoms with Crippen LogP contribution >= 0.6 is 0 Å². The Morgan fingerprint density at radius 1 is 1.57 bits per heavy atom. The van der Waals surface area contributed by atoms with E-state index in [0.29, 0.717) is 12.6 Å². The van der Waals surface area contributed by atoms with Gasteiger partial charge in [-0.15, -0.1) is 0 Å². The Morgan fingerprint density at radius 3 is 3.00 bits per heavy atom. The second-order valence-corrected chi connectivity index (χ2v) is 3.02. The summed E-state index contributed by atoms with van der Waals surface area (Å²) in [5.41, 5.74) is 0. The van der Waals surface area contributed by atoms with Gasteiger partial charge in [-0.25, -0.2) is 4.98 Å². The van der Waals surface area contributed by atoms with Crippen LogP contribution in [0.25, 0.3) is 0 Å². The van der Waals surface area contributed by atoms with Gasteiger partial charge in [-0.3, -0.25) is 0 Å². The standard InChI is InChI=1S/C9H16N4O/c1-7(6-14-3)12-8-4-5-11-9(10-2)13-8/h4-5,7H,6H2,1-3H3,(H2,10,11,12,13). The van der Waals surface area contributed by atoms with Crippen LogP contribution in [0.2, 0.25) is 0 Å². The molecular formula is C9H16N4O. The normalized spacial score (nSPS) is 12.2. The molecule has 2 N–H and O–H groups in total. The fourth-order valence-corrected chi connectivity index (χ4v) is 1.10. The van der Waals surface area contributed by atoms with Gasteiger partial charge in [0.05, 0.1) is 6.61 Å². The van der Waals surface area contributed by atoms with Crippen molar-refractivity contribution < 1.29 is 4.74 Å². The van der Waals surface area contributed by atoms with Crippen molar-refractivity contribution in [2.45, 2.75) is 13.0 Å². The molecule has 5 heteroatoms. The van der Waals surface area contributed by atoms with E-state index in [0.717, 1.165) is 5.82 Å². The first-order chi connectivity index (χ1) is 6.76. The van der Waals surface area contributed by atoms with Gasteiger partial charge in [0.15, 0.2) is 0 Å². The van der Waals surface area contributed by atoms with E-state index in [1.165, 1.54) is 0 Å². The molecule has 0 aliphatic rings. The first kappa shape index (κ1) is 10.7. The molecule has 0 amide bonds. The highest BCUT2D eigenvalue weighted by molar-refractivity contribution is 5.39. The summed E-state index contributed by atoms with van der Waals surface area (Å²) in [6, 6.07) is 2.06. The van der Waals surface area contributed by atoms with Crippen LogP contribution in [0.1, 0.15) is 6.92 Å². The third kappa shape index (κ3) is 3.18. The van der Waals surface area contributed by atoms with Gasteiger partial charge in [-0.05, 0) is 13.0 Å². The molecule has 5 nitrogen and oxygen atoms in total. The van der Waals surface area contributed by atoms with Crippen LogP contribution in [0, 0.1) is 0 Å². The number of hydrogen-bond donors (Lipinski definition) is 2. The lowest BCUT2D eigenvalue weighted by molar-refractivity contribution is 0.190. The fourth-order valence-electron chi connectivity index (χ4n) is 1.10. The molecule has 1 rings (SSSR count). The number of ether oxygens (including phenoxy) is 1. The molecule has 1 unspecified atom stereocenters. The molecule has 0 aliphatic heterocycles. The van der Waals surface area contributed by atoms with Crippen molar-refractivity contribution in [2.75, 3.05) is 31.4 Å². The monoisotopic (exact) mass is 196 g/mol. The van der Waals surface area contributed by atoms with Crippen molar-refractivity contribution in [2.24, 2.45) is 0 Å². The molecule has 1 aromatic heterocycles. The average molecular weight is 196 g/mol. The van der Waals surface area contributed by atoms with Crippen LogP contribution < -0.4 is 10.6 Å². The van der Waals surface area contributed by atoms with Crippen LogP contribution in [0.5, 0.6) is 0 Å². The maximum atomic E-state index is 5.01. The van der Waals surface area contributed by atoms with E-state index < -0.39 is 0 Å². The van der Waals surface area contributed by atoms with E-state index in [1.807, 2.05) is 13.0 Å². The topological polar surface area (TPSA) is 59.1 Å². The smallest absolute Gasteiger partial charge is 0.224 e. The van der Waals surface area contributed by atoms with Gasteiger partial charge in [0.25, 0.3) is 0 Å². The van der Waals surface area contributed by atoms with Gasteiger partial charge in [-0.1, -0.05) is 0 Å². The Bertz CT molecular complexity index is 279. The maximum absolute atomic E-state index is 5.01. The van der Waals surface area contributed by atoms with E-state index >= 15 is 0 Å². The molecule has 0 spiro atoms. The predicted molar refractivity (Wildman–Crippen MR) is 56.5 cm³/mol. The number of methoxy groups -OCH3 is 1. The Morgan fingerprint density at radius 2 is 2.36 bits per heavy atom. The van der Waals surface area contributed by atoms with E-state index in [-0.39, 0.29) is 6.04 Å². The highest BCUT2D eigenvalue weighted by Crippen LogP contribution is 2.06. The molecule has 0 saturated heterocycles. The third-order valence-corrected chi connectivity index (χ3v) is 1.69. The summed E-state index contributed by atoms with van der Waals surface area (Å²) in [5.74, 6) is 1.41. The van der Waals surface area contributed by atoms with Crippen molar-refractivity contribution in [3.05, 3.63) is 12.3 Å². The quantitative estimate of drug-likeness (QED) is 0.734. The molecule has 78 valence electrons. The van der Waals surface area contributed by atoms with Gasteiger partial charge in [0.1, 0.15) is 5.82 Å². The molecule has 0 radical (unpaired) electrons. The van der Waals surface area contributed by atoms with Crippen LogP contribution in [0.4, 0.5) is 11.8 Å². The molecule has 14 heavy (non-hydrogen) atoms. The minimum absolute atomic E-state index is 0.236. The zero-order valence-electron chi connectivity index (χ0n) is 8.74. The molecule has 1 aromatic rings. The summed E-state index contributed by atoms with van der Waals surface area (Å²) in [6.07, 6.45) is 1.71. The molecule has 0 bridgehead atoms. The SMILES string of the molecule is CNc1nccc(NC(C)COC)n1. The number of hydrogen-bond acceptors (Lipinski definition) is 5. The van der Waals surface area contributed by atoms with E-state index in [1.54, 1.807) is 20.4 Å². The molecule has 1 atom stereocenters. The number of aromatic nitrogens is 2. The summed E-state index contributed by atoms with van der Waals surface area (Å²) in [6.45, 7) is 2.68. The highest BCUT2D eigenvalue weighted by atomic mass is 16.5. The molecule has 0 aliphatic carbocycles. The van der Waals surface area contributed by atoms with Crippen molar-refractivity contribution >= 4 is 11.8 Å². The summed E-state index contributed by atoms with van der Waals surface area (Å²) in [7, 11) is 3.47. The second-order valence-electron chi connectivity index (χ2n) is 3.02. The molecular weight excluding hydrogens is 180 g/mol. The molecule has 0 fully saturated rings. The van der Waals surface area contributed by atoms with Crippen molar-refractivity contribution in [3.8, 4) is 0 Å². The zero-order valence-corrected chi connectivity index (χ0v) is 8.74. The average Bonchev–Trinajstić information content (AvgIpc) is 2.18. The van der Waals surface area contributed by atoms with E-state index in [9.17, 15) is 0 Å². The fraction of sp³-hybridized carbons (Fsp3) is 0.556. The first-order valence-corrected chi connectivity index (χ1v) is 4.52. The lowest BCUT2D eigenvalue weighted by atomic mass is 10.3. The summed E-state index contributed by atoms with van der Waals surface area (Å²) in [5, 5.41) is 6.08. The van der Waals surface area contributed by atoms with Gasteiger partial charge in [0, 0.05) is 26.4 Å². The molecule has 0 aromatic carbocycles. The van der Waals surface area contributed by atoms with Crippen LogP contribution in [-0.2, 0) is 4.74 Å². The Balaban J connectivity index is 2.57. The van der Waals surface area contributed by atoms with E-state index in [4.69, 9.17) is 4.74 Å². The van der Waals surface area contributed by atoms with Crippen LogP contribution in [0.3, 0.4) is 0 Å². The minimum atomic E-state index is 0.236. The van der Waals surface area contributed by atoms with Crippen molar-refractivity contribution in [3.63, 3.8) is 0 Å². The van der Waals surface area contributed by atoms with Gasteiger partial charge in [-0.2, -0.15) is 4.98 Å². The van der Waals surface area contributed by atoms with E-state index in [2.05, 4.69) is 20.6 Å². The van der Waals surface area contributed by atoms with Gasteiger partial charge in [0.2, 0.25) is 5.95 Å². The lowest BCUT2D eigenvalue weighted by Crippen LogP contribution is -2.21. The summed E-state index contributed by atoms with van der Waals surface area (Å²) < 4.78 is 5.01. The van der Waals surface area contributed by atoms with Crippen LogP contribution in [-0.4, -0.2) is 36.8 Å². The number of nitrogens with one attached hydrogen (secondary N) is 2. The number of nitrogens with zero attached hydrogens (tertiary/aromatic N) is 2. The summed E-state index contributed by atoms with van der Waals surface area (Å²) in [4.78, 5) is 8.24. The Labute approximate surface area is 83.9 Å². The minimum Gasteiger partial charge on any atom is -0.383 e.